The van der Waals surface area contributed by atoms with E-state index in [1.54, 1.807) is 18.6 Å². The molecule has 1 unspecified atom stereocenters. The van der Waals surface area contributed by atoms with Crippen LogP contribution in [0.4, 0.5) is 18.9 Å². The third-order valence-electron chi connectivity index (χ3n) is 5.19. The Hall–Kier alpha value is -2.91. The van der Waals surface area contributed by atoms with Crippen molar-refractivity contribution in [2.45, 2.75) is 31.5 Å². The van der Waals surface area contributed by atoms with E-state index in [0.717, 1.165) is 34.9 Å². The van der Waals surface area contributed by atoms with E-state index in [1.807, 2.05) is 6.07 Å². The summed E-state index contributed by atoms with van der Waals surface area (Å²) in [5.41, 5.74) is 2.23. The number of aromatic amines is 1. The Morgan fingerprint density at radius 1 is 1.36 bits per heavy atom. The summed E-state index contributed by atoms with van der Waals surface area (Å²) in [5.74, 6) is -0.907. The molecule has 1 N–H and O–H groups in total. The number of pyridine rings is 1. The third-order valence-corrected chi connectivity index (χ3v) is 5.19. The lowest BCUT2D eigenvalue weighted by Gasteiger charge is -2.39. The van der Waals surface area contributed by atoms with Gasteiger partial charge in [-0.2, -0.15) is 18.3 Å². The molecule has 3 aromatic rings. The van der Waals surface area contributed by atoms with Crippen LogP contribution in [0.15, 0.2) is 24.7 Å². The van der Waals surface area contributed by atoms with E-state index in [9.17, 15) is 18.0 Å². The van der Waals surface area contributed by atoms with E-state index in [1.165, 1.54) is 11.9 Å². The maximum atomic E-state index is 12.6. The van der Waals surface area contributed by atoms with Crippen LogP contribution in [0.5, 0.6) is 0 Å². The van der Waals surface area contributed by atoms with E-state index >= 15 is 0 Å². The summed E-state index contributed by atoms with van der Waals surface area (Å²) >= 11 is 0. The van der Waals surface area contributed by atoms with Gasteiger partial charge in [0.2, 0.25) is 5.91 Å². The highest BCUT2D eigenvalue weighted by molar-refractivity contribution is 6.09. The minimum absolute atomic E-state index is 0.294. The average molecular weight is 392 g/mol. The number of nitrogens with zero attached hydrogens (tertiary/aromatic N) is 5. The summed E-state index contributed by atoms with van der Waals surface area (Å²) in [7, 11) is 1.45. The SMILES string of the molecule is CN(C(=O)CC(F)(F)F)C1CCCN(c2cn[nH]c3cnc4nccc4c23)C1. The standard InChI is InChI=1S/C18H19F3N6O/c1-26(15(28)7-18(19,20)21)11-3-2-6-27(10-11)14-9-24-25-13-8-23-17-12(16(13)14)4-5-22-17/h4-5,8-9,11,25H,2-3,6-7,10H2,1H3. The van der Waals surface area contributed by atoms with Crippen molar-refractivity contribution >= 4 is 33.5 Å². The number of likely N-dealkylation sites (N-methyl/N-ethyl adjacent to an activating group) is 1. The highest BCUT2D eigenvalue weighted by Crippen LogP contribution is 2.32. The van der Waals surface area contributed by atoms with Gasteiger partial charge in [-0.1, -0.05) is 0 Å². The van der Waals surface area contributed by atoms with Crippen LogP contribution in [0.2, 0.25) is 0 Å². The number of fused-ring (bicyclic) bond motifs is 3. The Morgan fingerprint density at radius 3 is 2.96 bits per heavy atom. The Balaban J connectivity index is 1.63. The van der Waals surface area contributed by atoms with E-state index in [0.29, 0.717) is 18.6 Å². The molecular formula is C18H19F3N6O. The van der Waals surface area contributed by atoms with Crippen molar-refractivity contribution in [3.05, 3.63) is 24.7 Å². The second-order valence-electron chi connectivity index (χ2n) is 7.02. The number of amides is 1. The van der Waals surface area contributed by atoms with Crippen molar-refractivity contribution in [2.24, 2.45) is 0 Å². The summed E-state index contributed by atoms with van der Waals surface area (Å²) in [6.45, 7) is 1.18. The largest absolute Gasteiger partial charge is 0.397 e. The van der Waals surface area contributed by atoms with E-state index < -0.39 is 18.5 Å². The van der Waals surface area contributed by atoms with Crippen molar-refractivity contribution in [3.8, 4) is 0 Å². The Labute approximate surface area is 158 Å². The molecule has 0 aromatic carbocycles. The number of halogens is 3. The van der Waals surface area contributed by atoms with Crippen molar-refractivity contribution in [1.29, 1.82) is 0 Å². The molecule has 1 aliphatic rings. The summed E-state index contributed by atoms with van der Waals surface area (Å²) in [6.07, 6.45) is 0.548. The van der Waals surface area contributed by atoms with Crippen LogP contribution in [0.1, 0.15) is 19.3 Å². The van der Waals surface area contributed by atoms with Gasteiger partial charge in [-0.15, -0.1) is 0 Å². The Morgan fingerprint density at radius 2 is 2.18 bits per heavy atom. The summed E-state index contributed by atoms with van der Waals surface area (Å²) < 4.78 is 37.8. The zero-order valence-corrected chi connectivity index (χ0v) is 15.2. The van der Waals surface area contributed by atoms with Gasteiger partial charge in [0.15, 0.2) is 5.65 Å². The van der Waals surface area contributed by atoms with Gasteiger partial charge in [0.05, 0.1) is 23.6 Å². The van der Waals surface area contributed by atoms with Gasteiger partial charge in [0, 0.05) is 43.1 Å². The fraction of sp³-hybridized carbons (Fsp3) is 0.444. The predicted molar refractivity (Wildman–Crippen MR) is 97.9 cm³/mol. The molecule has 1 saturated heterocycles. The molecule has 4 rings (SSSR count). The van der Waals surface area contributed by atoms with Crippen LogP contribution in [0.25, 0.3) is 21.9 Å². The highest BCUT2D eigenvalue weighted by Gasteiger charge is 2.35. The number of piperidine rings is 1. The molecule has 3 aromatic heterocycles. The van der Waals surface area contributed by atoms with Crippen LogP contribution < -0.4 is 4.90 Å². The molecule has 7 nitrogen and oxygen atoms in total. The quantitative estimate of drug-likeness (QED) is 0.742. The number of aromatic nitrogens is 4. The lowest BCUT2D eigenvalue weighted by atomic mass is 10.0. The van der Waals surface area contributed by atoms with Gasteiger partial charge < -0.3 is 9.80 Å². The minimum Gasteiger partial charge on any atom is -0.368 e. The normalized spacial score (nSPS) is 18.0. The first-order valence-electron chi connectivity index (χ1n) is 8.97. The fourth-order valence-electron chi connectivity index (χ4n) is 3.78. The third kappa shape index (κ3) is 3.46. The lowest BCUT2D eigenvalue weighted by Crippen LogP contribution is -2.49. The van der Waals surface area contributed by atoms with Gasteiger partial charge in [0.25, 0.3) is 0 Å². The maximum absolute atomic E-state index is 12.6. The topological polar surface area (TPSA) is 78.0 Å². The molecule has 0 saturated carbocycles. The summed E-state index contributed by atoms with van der Waals surface area (Å²) in [4.78, 5) is 23.8. The fourth-order valence-corrected chi connectivity index (χ4v) is 3.78. The number of nitrogens with one attached hydrogen (secondary N) is 1. The maximum Gasteiger partial charge on any atom is 0.397 e. The smallest absolute Gasteiger partial charge is 0.368 e. The second-order valence-corrected chi connectivity index (χ2v) is 7.02. The zero-order chi connectivity index (χ0) is 19.9. The average Bonchev–Trinajstić information content (AvgIpc) is 3.14. The van der Waals surface area contributed by atoms with Crippen molar-refractivity contribution in [1.82, 2.24) is 25.1 Å². The number of alkyl halides is 3. The van der Waals surface area contributed by atoms with Gasteiger partial charge in [-0.25, -0.2) is 9.97 Å². The van der Waals surface area contributed by atoms with Gasteiger partial charge >= 0.3 is 6.18 Å². The molecular weight excluding hydrogens is 373 g/mol. The minimum atomic E-state index is -4.50. The van der Waals surface area contributed by atoms with Crippen molar-refractivity contribution in [2.75, 3.05) is 25.0 Å². The summed E-state index contributed by atoms with van der Waals surface area (Å²) in [6, 6.07) is 1.58. The molecule has 1 amide bonds. The number of H-pyrrole nitrogens is 1. The molecule has 0 spiro atoms. The first kappa shape index (κ1) is 18.5. The molecule has 4 heterocycles. The molecule has 0 bridgehead atoms. The molecule has 1 aliphatic heterocycles. The van der Waals surface area contributed by atoms with Crippen LogP contribution in [-0.2, 0) is 4.79 Å². The van der Waals surface area contributed by atoms with Crippen LogP contribution in [0.3, 0.4) is 0 Å². The molecule has 0 radical (unpaired) electrons. The molecule has 148 valence electrons. The molecule has 1 fully saturated rings. The second kappa shape index (κ2) is 6.92. The van der Waals surface area contributed by atoms with Gasteiger partial charge in [-0.3, -0.25) is 9.89 Å². The number of hydrogen-bond acceptors (Lipinski definition) is 5. The molecule has 28 heavy (non-hydrogen) atoms. The monoisotopic (exact) mass is 392 g/mol. The van der Waals surface area contributed by atoms with Gasteiger partial charge in [0.1, 0.15) is 6.42 Å². The van der Waals surface area contributed by atoms with E-state index in [4.69, 9.17) is 0 Å². The van der Waals surface area contributed by atoms with Crippen molar-refractivity contribution in [3.63, 3.8) is 0 Å². The number of hydrogen-bond donors (Lipinski definition) is 1. The van der Waals surface area contributed by atoms with Crippen molar-refractivity contribution < 1.29 is 18.0 Å². The Bertz CT molecular complexity index is 1020. The molecule has 0 aliphatic carbocycles. The molecule has 1 atom stereocenters. The first-order valence-corrected chi connectivity index (χ1v) is 8.97. The Kier molecular flexibility index (Phi) is 4.56. The summed E-state index contributed by atoms with van der Waals surface area (Å²) in [5, 5.41) is 8.91. The van der Waals surface area contributed by atoms with E-state index in [2.05, 4.69) is 25.1 Å². The van der Waals surface area contributed by atoms with Crippen LogP contribution in [0, 0.1) is 0 Å². The number of rotatable bonds is 3. The van der Waals surface area contributed by atoms with E-state index in [-0.39, 0.29) is 6.04 Å². The predicted octanol–water partition coefficient (Wildman–Crippen LogP) is 2.89. The number of carbonyl (C=O) groups excluding carboxylic acids is 1. The van der Waals surface area contributed by atoms with Crippen LogP contribution >= 0.6 is 0 Å². The van der Waals surface area contributed by atoms with Gasteiger partial charge in [-0.05, 0) is 18.9 Å². The zero-order valence-electron chi connectivity index (χ0n) is 15.2. The molecule has 10 heteroatoms. The van der Waals surface area contributed by atoms with Crippen LogP contribution in [-0.4, -0.2) is 63.3 Å². The number of carbonyl (C=O) groups is 1. The first-order chi connectivity index (χ1) is 13.3. The lowest BCUT2D eigenvalue weighted by molar-refractivity contribution is -0.162. The highest BCUT2D eigenvalue weighted by atomic mass is 19.4. The number of anilines is 1.